The second-order valence-corrected chi connectivity index (χ2v) is 3.77. The van der Waals surface area contributed by atoms with Crippen molar-refractivity contribution >= 4 is 23.4 Å². The summed E-state index contributed by atoms with van der Waals surface area (Å²) in [6.45, 7) is 3.63. The molecule has 1 heterocycles. The van der Waals surface area contributed by atoms with E-state index in [1.54, 1.807) is 7.11 Å². The number of aromatic nitrogens is 1. The van der Waals surface area contributed by atoms with E-state index >= 15 is 0 Å². The first kappa shape index (κ1) is 13.7. The first-order valence-electron chi connectivity index (χ1n) is 5.23. The standard InChI is InChI=1S/C11H15ClN2O3/c1-3-14(6-7-17-2)10-8(11(15)16)4-5-9(12)13-10/h4-5H,3,6-7H2,1-2H3,(H,15,16). The number of methoxy groups -OCH3 is 1. The van der Waals surface area contributed by atoms with Gasteiger partial charge in [-0.15, -0.1) is 0 Å². The third-order valence-corrected chi connectivity index (χ3v) is 2.53. The maximum atomic E-state index is 11.1. The molecule has 0 fully saturated rings. The van der Waals surface area contributed by atoms with Gasteiger partial charge in [-0.3, -0.25) is 0 Å². The Kier molecular flexibility index (Phi) is 5.18. The van der Waals surface area contributed by atoms with E-state index in [-0.39, 0.29) is 10.7 Å². The molecule has 5 nitrogen and oxygen atoms in total. The number of nitrogens with zero attached hydrogens (tertiary/aromatic N) is 2. The number of rotatable bonds is 6. The van der Waals surface area contributed by atoms with Gasteiger partial charge in [-0.05, 0) is 19.1 Å². The van der Waals surface area contributed by atoms with Crippen LogP contribution in [-0.2, 0) is 4.74 Å². The highest BCUT2D eigenvalue weighted by Gasteiger charge is 2.17. The fourth-order valence-corrected chi connectivity index (χ4v) is 1.59. The molecule has 0 aliphatic rings. The van der Waals surface area contributed by atoms with E-state index < -0.39 is 5.97 Å². The Hall–Kier alpha value is -1.33. The number of halogens is 1. The van der Waals surface area contributed by atoms with E-state index in [0.29, 0.717) is 25.5 Å². The van der Waals surface area contributed by atoms with Gasteiger partial charge in [0.15, 0.2) is 0 Å². The lowest BCUT2D eigenvalue weighted by Gasteiger charge is -2.23. The number of carboxylic acid groups (broad SMARTS) is 1. The van der Waals surface area contributed by atoms with Crippen molar-refractivity contribution in [1.29, 1.82) is 0 Å². The summed E-state index contributed by atoms with van der Waals surface area (Å²) in [6.07, 6.45) is 0. The highest BCUT2D eigenvalue weighted by Crippen LogP contribution is 2.20. The molecule has 0 aliphatic heterocycles. The van der Waals surface area contributed by atoms with Crippen molar-refractivity contribution in [3.8, 4) is 0 Å². The number of pyridine rings is 1. The lowest BCUT2D eigenvalue weighted by molar-refractivity contribution is 0.0697. The predicted molar refractivity (Wildman–Crippen MR) is 66.0 cm³/mol. The molecule has 94 valence electrons. The van der Waals surface area contributed by atoms with Crippen molar-refractivity contribution in [1.82, 2.24) is 4.98 Å². The maximum Gasteiger partial charge on any atom is 0.339 e. The molecule has 1 N–H and O–H groups in total. The molecule has 0 spiro atoms. The van der Waals surface area contributed by atoms with Crippen LogP contribution in [0.25, 0.3) is 0 Å². The molecule has 0 aliphatic carbocycles. The van der Waals surface area contributed by atoms with Crippen molar-refractivity contribution in [2.24, 2.45) is 0 Å². The van der Waals surface area contributed by atoms with Gasteiger partial charge in [-0.2, -0.15) is 0 Å². The average molecular weight is 259 g/mol. The zero-order valence-corrected chi connectivity index (χ0v) is 10.6. The van der Waals surface area contributed by atoms with Gasteiger partial charge in [0.25, 0.3) is 0 Å². The van der Waals surface area contributed by atoms with E-state index in [1.807, 2.05) is 11.8 Å². The molecule has 0 saturated heterocycles. The molecule has 1 aromatic heterocycles. The first-order chi connectivity index (χ1) is 8.10. The van der Waals surface area contributed by atoms with Crippen molar-refractivity contribution in [3.63, 3.8) is 0 Å². The number of ether oxygens (including phenoxy) is 1. The minimum Gasteiger partial charge on any atom is -0.478 e. The molecule has 0 saturated carbocycles. The molecule has 0 atom stereocenters. The highest BCUT2D eigenvalue weighted by atomic mass is 35.5. The average Bonchev–Trinajstić information content (AvgIpc) is 2.29. The fourth-order valence-electron chi connectivity index (χ4n) is 1.45. The number of carbonyl (C=O) groups is 1. The summed E-state index contributed by atoms with van der Waals surface area (Å²) < 4.78 is 4.98. The zero-order chi connectivity index (χ0) is 12.8. The van der Waals surface area contributed by atoms with Crippen LogP contribution >= 0.6 is 11.6 Å². The Bertz CT molecular complexity index is 398. The lowest BCUT2D eigenvalue weighted by Crippen LogP contribution is -2.29. The van der Waals surface area contributed by atoms with E-state index in [0.717, 1.165) is 0 Å². The predicted octanol–water partition coefficient (Wildman–Crippen LogP) is 1.91. The van der Waals surface area contributed by atoms with E-state index in [1.165, 1.54) is 12.1 Å². The molecule has 6 heteroatoms. The van der Waals surface area contributed by atoms with Gasteiger partial charge >= 0.3 is 5.97 Å². The number of hydrogen-bond acceptors (Lipinski definition) is 4. The van der Waals surface area contributed by atoms with Gasteiger partial charge in [0, 0.05) is 20.2 Å². The molecule has 1 rings (SSSR count). The summed E-state index contributed by atoms with van der Waals surface area (Å²) in [6, 6.07) is 2.93. The highest BCUT2D eigenvalue weighted by molar-refractivity contribution is 6.29. The number of aromatic carboxylic acids is 1. The molecule has 0 unspecified atom stereocenters. The van der Waals surface area contributed by atoms with Gasteiger partial charge in [-0.25, -0.2) is 9.78 Å². The fraction of sp³-hybridized carbons (Fsp3) is 0.455. The van der Waals surface area contributed by atoms with E-state index in [2.05, 4.69) is 4.98 Å². The van der Waals surface area contributed by atoms with Crippen LogP contribution in [0.15, 0.2) is 12.1 Å². The molecule has 0 radical (unpaired) electrons. The number of likely N-dealkylation sites (N-methyl/N-ethyl adjacent to an activating group) is 1. The Morgan fingerprint density at radius 3 is 2.82 bits per heavy atom. The Balaban J connectivity index is 3.06. The van der Waals surface area contributed by atoms with Crippen molar-refractivity contribution < 1.29 is 14.6 Å². The van der Waals surface area contributed by atoms with E-state index in [9.17, 15) is 4.79 Å². The van der Waals surface area contributed by atoms with Crippen LogP contribution in [0.1, 0.15) is 17.3 Å². The quantitative estimate of drug-likeness (QED) is 0.790. The second-order valence-electron chi connectivity index (χ2n) is 3.38. The third kappa shape index (κ3) is 3.57. The van der Waals surface area contributed by atoms with Gasteiger partial charge in [0.1, 0.15) is 16.5 Å². The SMILES string of the molecule is CCN(CCOC)c1nc(Cl)ccc1C(=O)O. The van der Waals surface area contributed by atoms with Gasteiger partial charge in [-0.1, -0.05) is 11.6 Å². The summed E-state index contributed by atoms with van der Waals surface area (Å²) in [4.78, 5) is 17.0. The largest absolute Gasteiger partial charge is 0.478 e. The molecule has 17 heavy (non-hydrogen) atoms. The van der Waals surface area contributed by atoms with Crippen molar-refractivity contribution in [2.45, 2.75) is 6.92 Å². The van der Waals surface area contributed by atoms with Crippen LogP contribution < -0.4 is 4.90 Å². The molecular formula is C11H15ClN2O3. The van der Waals surface area contributed by atoms with E-state index in [4.69, 9.17) is 21.4 Å². The van der Waals surface area contributed by atoms with Crippen LogP contribution in [0.5, 0.6) is 0 Å². The smallest absolute Gasteiger partial charge is 0.339 e. The minimum absolute atomic E-state index is 0.146. The number of anilines is 1. The zero-order valence-electron chi connectivity index (χ0n) is 9.81. The van der Waals surface area contributed by atoms with Crippen molar-refractivity contribution in [3.05, 3.63) is 22.8 Å². The number of hydrogen-bond donors (Lipinski definition) is 1. The number of carboxylic acids is 1. The summed E-state index contributed by atoms with van der Waals surface area (Å²) in [5, 5.41) is 9.36. The van der Waals surface area contributed by atoms with Gasteiger partial charge in [0.05, 0.1) is 6.61 Å². The Morgan fingerprint density at radius 2 is 2.29 bits per heavy atom. The van der Waals surface area contributed by atoms with Gasteiger partial charge in [0.2, 0.25) is 0 Å². The summed E-state index contributed by atoms with van der Waals surface area (Å²) in [5.41, 5.74) is 0.146. The minimum atomic E-state index is -1.01. The molecule has 0 bridgehead atoms. The van der Waals surface area contributed by atoms with Crippen LogP contribution in [-0.4, -0.2) is 42.9 Å². The van der Waals surface area contributed by atoms with Crippen LogP contribution in [0, 0.1) is 0 Å². The van der Waals surface area contributed by atoms with Crippen molar-refractivity contribution in [2.75, 3.05) is 31.7 Å². The Labute approximate surface area is 105 Å². The molecule has 0 amide bonds. The third-order valence-electron chi connectivity index (χ3n) is 2.32. The summed E-state index contributed by atoms with van der Waals surface area (Å²) in [5.74, 6) is -0.635. The summed E-state index contributed by atoms with van der Waals surface area (Å²) >= 11 is 5.79. The normalized spacial score (nSPS) is 10.3. The topological polar surface area (TPSA) is 62.7 Å². The first-order valence-corrected chi connectivity index (χ1v) is 5.61. The molecule has 1 aromatic rings. The monoisotopic (exact) mass is 258 g/mol. The molecule has 0 aromatic carbocycles. The summed E-state index contributed by atoms with van der Waals surface area (Å²) in [7, 11) is 1.59. The van der Waals surface area contributed by atoms with Crippen LogP contribution in [0.4, 0.5) is 5.82 Å². The Morgan fingerprint density at radius 1 is 1.59 bits per heavy atom. The lowest BCUT2D eigenvalue weighted by atomic mass is 10.2. The van der Waals surface area contributed by atoms with Crippen LogP contribution in [0.3, 0.4) is 0 Å². The second kappa shape index (κ2) is 6.42. The molecular weight excluding hydrogens is 244 g/mol. The maximum absolute atomic E-state index is 11.1. The van der Waals surface area contributed by atoms with Gasteiger partial charge < -0.3 is 14.7 Å². The van der Waals surface area contributed by atoms with Crippen LogP contribution in [0.2, 0.25) is 5.15 Å².